The van der Waals surface area contributed by atoms with Crippen molar-refractivity contribution in [1.29, 1.82) is 0 Å². The largest absolute Gasteiger partial charge is 0.481 e. The number of hydrogen-bond donors (Lipinski definition) is 1. The molecule has 0 atom stereocenters. The summed E-state index contributed by atoms with van der Waals surface area (Å²) in [5.74, 6) is 1.11. The first-order valence-electron chi connectivity index (χ1n) is 6.64. The zero-order valence-corrected chi connectivity index (χ0v) is 11.7. The molecule has 0 spiro atoms. The van der Waals surface area contributed by atoms with Crippen molar-refractivity contribution in [3.8, 4) is 11.5 Å². The van der Waals surface area contributed by atoms with Crippen LogP contribution in [0.25, 0.3) is 0 Å². The van der Waals surface area contributed by atoms with Gasteiger partial charge >= 0.3 is 5.97 Å². The number of carboxylic acids is 1. The molecule has 0 saturated carbocycles. The number of rotatable bonds is 5. The number of benzene rings is 2. The van der Waals surface area contributed by atoms with Crippen molar-refractivity contribution in [3.05, 3.63) is 59.7 Å². The van der Waals surface area contributed by atoms with Crippen molar-refractivity contribution in [1.82, 2.24) is 0 Å². The third-order valence-electron chi connectivity index (χ3n) is 3.05. The number of ether oxygens (including phenoxy) is 1. The van der Waals surface area contributed by atoms with Gasteiger partial charge in [0.15, 0.2) is 0 Å². The van der Waals surface area contributed by atoms with E-state index in [1.54, 1.807) is 24.3 Å². The van der Waals surface area contributed by atoms with E-state index in [1.165, 1.54) is 0 Å². The number of para-hydroxylation sites is 1. The third kappa shape index (κ3) is 3.60. The molecule has 0 radical (unpaired) electrons. The van der Waals surface area contributed by atoms with E-state index in [-0.39, 0.29) is 6.42 Å². The van der Waals surface area contributed by atoms with Crippen LogP contribution in [-0.2, 0) is 11.2 Å². The maximum Gasteiger partial charge on any atom is 0.307 e. The van der Waals surface area contributed by atoms with Gasteiger partial charge in [0.1, 0.15) is 11.5 Å². The molecule has 0 bridgehead atoms. The van der Waals surface area contributed by atoms with E-state index in [9.17, 15) is 4.79 Å². The van der Waals surface area contributed by atoms with E-state index >= 15 is 0 Å². The molecule has 0 saturated heterocycles. The zero-order valence-electron chi connectivity index (χ0n) is 11.7. The molecule has 1 N–H and O–H groups in total. The molecule has 0 fully saturated rings. The normalized spacial score (nSPS) is 10.6. The van der Waals surface area contributed by atoms with Gasteiger partial charge < -0.3 is 9.84 Å². The molecule has 2 rings (SSSR count). The van der Waals surface area contributed by atoms with Gasteiger partial charge in [0.25, 0.3) is 0 Å². The molecule has 0 unspecified atom stereocenters. The van der Waals surface area contributed by atoms with Gasteiger partial charge in [-0.15, -0.1) is 0 Å². The smallest absolute Gasteiger partial charge is 0.307 e. The van der Waals surface area contributed by atoms with Crippen molar-refractivity contribution in [3.63, 3.8) is 0 Å². The fourth-order valence-electron chi connectivity index (χ4n) is 2.03. The summed E-state index contributed by atoms with van der Waals surface area (Å²) in [6, 6.07) is 15.1. The lowest BCUT2D eigenvalue weighted by atomic mass is 10.0. The van der Waals surface area contributed by atoms with Gasteiger partial charge in [-0.3, -0.25) is 4.79 Å². The summed E-state index contributed by atoms with van der Waals surface area (Å²) in [4.78, 5) is 10.6. The van der Waals surface area contributed by atoms with Crippen LogP contribution >= 0.6 is 0 Å². The first-order valence-corrected chi connectivity index (χ1v) is 6.64. The van der Waals surface area contributed by atoms with Gasteiger partial charge in [-0.05, 0) is 35.2 Å². The van der Waals surface area contributed by atoms with Crippen molar-refractivity contribution in [2.75, 3.05) is 0 Å². The lowest BCUT2D eigenvalue weighted by Crippen LogP contribution is -1.99. The van der Waals surface area contributed by atoms with Crippen LogP contribution < -0.4 is 4.74 Å². The number of carboxylic acid groups (broad SMARTS) is 1. The van der Waals surface area contributed by atoms with Gasteiger partial charge in [0.05, 0.1) is 6.42 Å². The van der Waals surface area contributed by atoms with Crippen molar-refractivity contribution >= 4 is 5.97 Å². The first-order chi connectivity index (χ1) is 9.56. The highest BCUT2D eigenvalue weighted by atomic mass is 16.5. The first kappa shape index (κ1) is 14.1. The summed E-state index contributed by atoms with van der Waals surface area (Å²) in [5, 5.41) is 8.74. The summed E-state index contributed by atoms with van der Waals surface area (Å²) in [6.45, 7) is 4.25. The third-order valence-corrected chi connectivity index (χ3v) is 3.05. The van der Waals surface area contributed by atoms with Crippen LogP contribution in [0.1, 0.15) is 30.9 Å². The van der Waals surface area contributed by atoms with Gasteiger partial charge in [0.2, 0.25) is 0 Å². The van der Waals surface area contributed by atoms with Gasteiger partial charge in [-0.2, -0.15) is 0 Å². The highest BCUT2D eigenvalue weighted by molar-refractivity contribution is 5.70. The molecule has 0 aliphatic carbocycles. The lowest BCUT2D eigenvalue weighted by molar-refractivity contribution is -0.136. The van der Waals surface area contributed by atoms with Gasteiger partial charge in [0, 0.05) is 0 Å². The topological polar surface area (TPSA) is 46.5 Å². The standard InChI is InChI=1S/C17H18O3/c1-12(2)15-5-3-4-6-16(15)20-14-9-7-13(8-10-14)11-17(18)19/h3-10,12H,11H2,1-2H3,(H,18,19). The van der Waals surface area contributed by atoms with Crippen LogP contribution in [0, 0.1) is 0 Å². The summed E-state index contributed by atoms with van der Waals surface area (Å²) >= 11 is 0. The number of hydrogen-bond acceptors (Lipinski definition) is 2. The van der Waals surface area contributed by atoms with Crippen molar-refractivity contribution in [2.45, 2.75) is 26.2 Å². The zero-order chi connectivity index (χ0) is 14.5. The highest BCUT2D eigenvalue weighted by Gasteiger charge is 2.08. The average molecular weight is 270 g/mol. The quantitative estimate of drug-likeness (QED) is 0.884. The Hall–Kier alpha value is -2.29. The van der Waals surface area contributed by atoms with E-state index in [0.717, 1.165) is 16.9 Å². The predicted molar refractivity (Wildman–Crippen MR) is 78.4 cm³/mol. The Morgan fingerprint density at radius 3 is 2.35 bits per heavy atom. The van der Waals surface area contributed by atoms with E-state index in [2.05, 4.69) is 19.9 Å². The molecular formula is C17H18O3. The Morgan fingerprint density at radius 2 is 1.75 bits per heavy atom. The van der Waals surface area contributed by atoms with E-state index < -0.39 is 5.97 Å². The number of carbonyl (C=O) groups is 1. The van der Waals surface area contributed by atoms with Crippen LogP contribution in [0.4, 0.5) is 0 Å². The maximum atomic E-state index is 10.6. The fourth-order valence-corrected chi connectivity index (χ4v) is 2.03. The molecule has 2 aromatic carbocycles. The summed E-state index contributed by atoms with van der Waals surface area (Å²) in [5.41, 5.74) is 1.92. The molecule has 3 heteroatoms. The molecule has 0 heterocycles. The monoisotopic (exact) mass is 270 g/mol. The Bertz CT molecular complexity index is 585. The molecule has 0 aliphatic heterocycles. The second-order valence-electron chi connectivity index (χ2n) is 5.01. The predicted octanol–water partition coefficient (Wildman–Crippen LogP) is 4.23. The van der Waals surface area contributed by atoms with Gasteiger partial charge in [-0.25, -0.2) is 0 Å². The summed E-state index contributed by atoms with van der Waals surface area (Å²) in [7, 11) is 0. The molecule has 3 nitrogen and oxygen atoms in total. The second kappa shape index (κ2) is 6.24. The SMILES string of the molecule is CC(C)c1ccccc1Oc1ccc(CC(=O)O)cc1. The Balaban J connectivity index is 2.16. The minimum Gasteiger partial charge on any atom is -0.481 e. The second-order valence-corrected chi connectivity index (χ2v) is 5.01. The van der Waals surface area contributed by atoms with E-state index in [1.807, 2.05) is 18.2 Å². The van der Waals surface area contributed by atoms with Gasteiger partial charge in [-0.1, -0.05) is 44.2 Å². The van der Waals surface area contributed by atoms with E-state index in [4.69, 9.17) is 9.84 Å². The average Bonchev–Trinajstić information content (AvgIpc) is 2.41. The minimum absolute atomic E-state index is 0.0306. The fraction of sp³-hybridized carbons (Fsp3) is 0.235. The van der Waals surface area contributed by atoms with Crippen molar-refractivity contribution < 1.29 is 14.6 Å². The molecular weight excluding hydrogens is 252 g/mol. The van der Waals surface area contributed by atoms with E-state index in [0.29, 0.717) is 11.7 Å². The van der Waals surface area contributed by atoms with Crippen LogP contribution in [0.2, 0.25) is 0 Å². The molecule has 2 aromatic rings. The molecule has 0 amide bonds. The number of aliphatic carboxylic acids is 1. The van der Waals surface area contributed by atoms with Crippen LogP contribution in [0.5, 0.6) is 11.5 Å². The van der Waals surface area contributed by atoms with Crippen LogP contribution in [0.15, 0.2) is 48.5 Å². The van der Waals surface area contributed by atoms with Crippen LogP contribution in [-0.4, -0.2) is 11.1 Å². The Labute approximate surface area is 118 Å². The molecule has 104 valence electrons. The maximum absolute atomic E-state index is 10.6. The highest BCUT2D eigenvalue weighted by Crippen LogP contribution is 2.30. The van der Waals surface area contributed by atoms with Crippen LogP contribution in [0.3, 0.4) is 0 Å². The molecule has 0 aromatic heterocycles. The lowest BCUT2D eigenvalue weighted by Gasteiger charge is -2.13. The Kier molecular flexibility index (Phi) is 4.41. The van der Waals surface area contributed by atoms with Crippen molar-refractivity contribution in [2.24, 2.45) is 0 Å². The summed E-state index contributed by atoms with van der Waals surface area (Å²) in [6.07, 6.45) is 0.0306. The Morgan fingerprint density at radius 1 is 1.10 bits per heavy atom. The molecule has 20 heavy (non-hydrogen) atoms. The molecule has 0 aliphatic rings. The summed E-state index contributed by atoms with van der Waals surface area (Å²) < 4.78 is 5.88. The minimum atomic E-state index is -0.830.